The molecule has 3 aliphatic heterocycles. The Bertz CT molecular complexity index is 3230. The number of aromatic nitrogens is 2. The van der Waals surface area contributed by atoms with Crippen LogP contribution in [0.25, 0.3) is 0 Å². The molecular weight excluding hydrogens is 1180 g/mol. The van der Waals surface area contributed by atoms with Gasteiger partial charge in [-0.3, -0.25) is 9.59 Å². The fraction of sp³-hybridized carbons (Fsp3) is 0.443. The van der Waals surface area contributed by atoms with E-state index in [-0.39, 0.29) is 105 Å². The number of carbonyl (C=O) groups is 4. The van der Waals surface area contributed by atoms with Crippen LogP contribution in [0.5, 0.6) is 34.5 Å². The third-order valence-electron chi connectivity index (χ3n) is 14.5. The van der Waals surface area contributed by atoms with Gasteiger partial charge in [-0.15, -0.1) is 22.7 Å². The molecule has 18 nitrogen and oxygen atoms in total. The summed E-state index contributed by atoms with van der Waals surface area (Å²) in [5, 5.41) is 23.1. The zero-order valence-corrected chi connectivity index (χ0v) is 54.8. The number of halogens is 2. The molecule has 4 N–H and O–H groups in total. The van der Waals surface area contributed by atoms with Gasteiger partial charge in [0.25, 0.3) is 0 Å². The topological polar surface area (TPSA) is 238 Å². The fourth-order valence-corrected chi connectivity index (χ4v) is 11.5. The molecule has 2 aromatic heterocycles. The Morgan fingerprint density at radius 3 is 1.69 bits per heavy atom. The number of nitrogens with zero attached hydrogens (tertiary/aromatic N) is 2. The molecule has 2 fully saturated rings. The van der Waals surface area contributed by atoms with Crippen molar-refractivity contribution in [2.45, 2.75) is 134 Å². The maximum atomic E-state index is 14.7. The second kappa shape index (κ2) is 31.1. The van der Waals surface area contributed by atoms with E-state index in [2.05, 4.69) is 37.6 Å². The number of aryl methyl sites for hydroxylation is 1. The molecule has 4 aliphatic rings. The van der Waals surface area contributed by atoms with Gasteiger partial charge in [-0.1, -0.05) is 34.9 Å². The zero-order chi connectivity index (χ0) is 60.0. The third kappa shape index (κ3) is 19.4. The van der Waals surface area contributed by atoms with Gasteiger partial charge >= 0.3 is 63.3 Å². The fourth-order valence-electron chi connectivity index (χ4n) is 10.4. The van der Waals surface area contributed by atoms with Crippen molar-refractivity contribution in [2.75, 3.05) is 50.7 Å². The molecule has 5 heterocycles. The quantitative estimate of drug-likeness (QED) is 0.0465. The van der Waals surface area contributed by atoms with Crippen LogP contribution in [0.1, 0.15) is 121 Å². The molecule has 85 heavy (non-hydrogen) atoms. The maximum Gasteiger partial charge on any atom is 1.00 e. The number of hydrogen-bond acceptors (Lipinski definition) is 17. The van der Waals surface area contributed by atoms with Crippen LogP contribution in [0.4, 0.5) is 19.0 Å². The summed E-state index contributed by atoms with van der Waals surface area (Å²) in [4.78, 5) is 67.5. The van der Waals surface area contributed by atoms with Gasteiger partial charge in [0.05, 0.1) is 30.4 Å². The first-order valence-electron chi connectivity index (χ1n) is 28.1. The zero-order valence-electron chi connectivity index (χ0n) is 49.1. The summed E-state index contributed by atoms with van der Waals surface area (Å²) in [5.41, 5.74) is 2.19. The minimum Gasteiger partial charge on any atom is -0.859 e. The number of hydrogen-bond donors (Lipinski definition) is 4. The molecule has 2 amide bonds. The first kappa shape index (κ1) is 67.3. The number of nitrogens with one attached hydrogen (secondary N) is 3. The summed E-state index contributed by atoms with van der Waals surface area (Å²) < 4.78 is 70.1. The number of esters is 1. The largest absolute Gasteiger partial charge is 1.00 e. The summed E-state index contributed by atoms with van der Waals surface area (Å²) in [7, 11) is -0.660. The van der Waals surface area contributed by atoms with Crippen molar-refractivity contribution in [1.82, 2.24) is 15.3 Å². The van der Waals surface area contributed by atoms with Crippen LogP contribution in [0, 0.1) is 11.6 Å². The minimum atomic E-state index is -1.86. The molecule has 450 valence electrons. The molecule has 2 saturated heterocycles. The van der Waals surface area contributed by atoms with E-state index in [0.717, 1.165) is 111 Å². The van der Waals surface area contributed by atoms with Crippen molar-refractivity contribution >= 4 is 65.0 Å². The molecule has 0 radical (unpaired) electrons. The maximum absolute atomic E-state index is 14.7. The van der Waals surface area contributed by atoms with Gasteiger partial charge in [0.2, 0.25) is 11.8 Å². The number of carboxylic acids is 1. The van der Waals surface area contributed by atoms with Crippen LogP contribution in [0.2, 0.25) is 19.6 Å². The number of carbonyl (C=O) groups excluding carboxylic acids is 3. The van der Waals surface area contributed by atoms with Crippen LogP contribution in [-0.4, -0.2) is 99.4 Å². The number of benzene rings is 4. The minimum absolute atomic E-state index is 0. The monoisotopic (exact) mass is 1250 g/mol. The molecule has 24 heteroatoms. The SMILES string of the molecule is COC(=O)c1ccc(Oc2cc3c(cc2OCC2CCCCO2)CCC[C@]3(C)CC(=O)Nc2nccs2)cc1F.C[C@]1(CC(=O)Nc2nccs2)NCCc2cc(OCC3CCCCO3)c(Oc3ccc(C(=O)O)c(F)c3)cc21.C[Si](C)(C)[O-].[K+]. The Kier molecular flexibility index (Phi) is 24.6. The summed E-state index contributed by atoms with van der Waals surface area (Å²) in [5.74, 6) is -1.97. The van der Waals surface area contributed by atoms with Crippen LogP contribution in [0.3, 0.4) is 0 Å². The number of methoxy groups -OCH3 is 1. The Labute approximate surface area is 545 Å². The molecule has 0 bridgehead atoms. The van der Waals surface area contributed by atoms with Gasteiger partial charge in [-0.05, 0) is 142 Å². The van der Waals surface area contributed by atoms with Crippen molar-refractivity contribution in [2.24, 2.45) is 0 Å². The van der Waals surface area contributed by atoms with E-state index >= 15 is 0 Å². The number of thiazole rings is 2. The van der Waals surface area contributed by atoms with Gasteiger partial charge in [0, 0.05) is 78.8 Å². The molecule has 10 rings (SSSR count). The van der Waals surface area contributed by atoms with E-state index in [9.17, 15) is 37.9 Å². The van der Waals surface area contributed by atoms with E-state index in [1.54, 1.807) is 37.4 Å². The second-order valence-corrected chi connectivity index (χ2v) is 28.5. The van der Waals surface area contributed by atoms with Gasteiger partial charge < -0.3 is 59.0 Å². The van der Waals surface area contributed by atoms with Crippen LogP contribution in [-0.2, 0) is 47.6 Å². The van der Waals surface area contributed by atoms with Gasteiger partial charge in [-0.25, -0.2) is 28.3 Å². The number of aromatic carboxylic acids is 1. The number of rotatable bonds is 18. The molecule has 0 spiro atoms. The molecule has 6 aromatic rings. The standard InChI is InChI=1S/C30H33FN2O6S.C28H30FN3O6S.C3H9OSi.K/c1-30(17-27(34)33-29-32-11-13-40-29)10-5-6-19-14-25(38-18-21-7-3-4-12-37-21)26(16-23(19)30)39-20-8-9-22(24(31)15-20)28(35)36-2;1-28(15-25(33)32-27-30-9-11-39-27)21-14-24(38-18-5-6-20(26(34)35)22(29)13-18)23(12-17(21)7-8-31-28)37-16-19-4-2-3-10-36-19;1-5(2,3)4;/h8-9,11,13-16,21H,3-7,10,12,17-18H2,1-2H3,(H,32,33,34);5-6,9,11-14,19,31H,2-4,7-8,10,15-16H2,1H3,(H,34,35)(H,30,32,33);1-3H3;/q;;-1;+1/t21?,30-;19?,28-;;/m11../s1. The van der Waals surface area contributed by atoms with Crippen molar-refractivity contribution in [3.8, 4) is 34.5 Å². The molecule has 4 aromatic carbocycles. The van der Waals surface area contributed by atoms with E-state index in [1.165, 1.54) is 48.0 Å². The summed E-state index contributed by atoms with van der Waals surface area (Å²) in [6.45, 7) is 12.1. The Balaban J connectivity index is 0.000000223. The molecule has 0 saturated carbocycles. The third-order valence-corrected chi connectivity index (χ3v) is 15.8. The summed E-state index contributed by atoms with van der Waals surface area (Å²) >= 11 is 2.72. The summed E-state index contributed by atoms with van der Waals surface area (Å²) in [6, 6.07) is 15.2. The first-order valence-corrected chi connectivity index (χ1v) is 33.3. The van der Waals surface area contributed by atoms with Crippen molar-refractivity contribution in [3.05, 3.63) is 129 Å². The molecule has 4 atom stereocenters. The van der Waals surface area contributed by atoms with Gasteiger partial charge in [-0.2, -0.15) is 0 Å². The second-order valence-electron chi connectivity index (χ2n) is 22.5. The van der Waals surface area contributed by atoms with E-state index < -0.39 is 48.4 Å². The van der Waals surface area contributed by atoms with Crippen molar-refractivity contribution in [3.63, 3.8) is 0 Å². The van der Waals surface area contributed by atoms with Crippen LogP contribution >= 0.6 is 22.7 Å². The van der Waals surface area contributed by atoms with Crippen molar-refractivity contribution < 1.29 is 122 Å². The van der Waals surface area contributed by atoms with Crippen molar-refractivity contribution in [1.29, 1.82) is 0 Å². The van der Waals surface area contributed by atoms with Crippen LogP contribution < -0.4 is 91.1 Å². The van der Waals surface area contributed by atoms with E-state index in [4.69, 9.17) is 28.4 Å². The number of amides is 2. The molecular formula is C61H72F2KN5O13S2Si. The molecule has 1 aliphatic carbocycles. The Morgan fingerprint density at radius 2 is 1.22 bits per heavy atom. The number of anilines is 2. The Hall–Kier alpha value is -5.23. The first-order chi connectivity index (χ1) is 40.1. The predicted octanol–water partition coefficient (Wildman–Crippen LogP) is 8.73. The normalized spacial score (nSPS) is 19.7. The van der Waals surface area contributed by atoms with E-state index in [0.29, 0.717) is 59.6 Å². The van der Waals surface area contributed by atoms with Crippen LogP contribution in [0.15, 0.2) is 83.8 Å². The van der Waals surface area contributed by atoms with Gasteiger partial charge in [0.1, 0.15) is 36.3 Å². The van der Waals surface area contributed by atoms with E-state index in [1.807, 2.05) is 36.6 Å². The smallest absolute Gasteiger partial charge is 0.859 e. The number of fused-ring (bicyclic) bond motifs is 2. The summed E-state index contributed by atoms with van der Waals surface area (Å²) in [6.07, 6.45) is 13.1. The Morgan fingerprint density at radius 1 is 0.718 bits per heavy atom. The average Bonchev–Trinajstić information content (AvgIpc) is 2.02. The number of carboxylic acid groups (broad SMARTS) is 1. The van der Waals surface area contributed by atoms with Gasteiger partial charge in [0.15, 0.2) is 33.3 Å². The predicted molar refractivity (Wildman–Crippen MR) is 316 cm³/mol. The molecule has 2 unspecified atom stereocenters. The number of ether oxygens (including phenoxy) is 7. The average molecular weight is 1250 g/mol.